The summed E-state index contributed by atoms with van der Waals surface area (Å²) < 4.78 is 6.80. The third-order valence-electron chi connectivity index (χ3n) is 2.78. The Kier molecular flexibility index (Phi) is 5.49. The van der Waals surface area contributed by atoms with E-state index in [9.17, 15) is 0 Å². The van der Waals surface area contributed by atoms with Gasteiger partial charge in [-0.25, -0.2) is 0 Å². The maximum absolute atomic E-state index is 5.83. The van der Waals surface area contributed by atoms with Gasteiger partial charge in [-0.3, -0.25) is 9.97 Å². The fraction of sp³-hybridized carbons (Fsp3) is 0.333. The van der Waals surface area contributed by atoms with Crippen molar-refractivity contribution in [3.05, 3.63) is 52.0 Å². The molecule has 4 nitrogen and oxygen atoms in total. The minimum atomic E-state index is 0.442. The van der Waals surface area contributed by atoms with Gasteiger partial charge >= 0.3 is 0 Å². The van der Waals surface area contributed by atoms with Gasteiger partial charge in [0.25, 0.3) is 0 Å². The Morgan fingerprint density at radius 2 is 2.10 bits per heavy atom. The minimum absolute atomic E-state index is 0.442. The molecule has 0 atom stereocenters. The van der Waals surface area contributed by atoms with Gasteiger partial charge in [-0.2, -0.15) is 0 Å². The van der Waals surface area contributed by atoms with Crippen LogP contribution in [-0.2, 0) is 13.2 Å². The molecule has 0 amide bonds. The van der Waals surface area contributed by atoms with Crippen molar-refractivity contribution in [2.24, 2.45) is 0 Å². The normalized spacial score (nSPS) is 10.6. The molecule has 2 aromatic rings. The number of pyridine rings is 2. The molecule has 0 aliphatic carbocycles. The van der Waals surface area contributed by atoms with Crippen LogP contribution >= 0.6 is 15.9 Å². The van der Waals surface area contributed by atoms with E-state index in [1.807, 2.05) is 31.2 Å². The monoisotopic (exact) mass is 335 g/mol. The van der Waals surface area contributed by atoms with Gasteiger partial charge in [0.15, 0.2) is 0 Å². The van der Waals surface area contributed by atoms with Crippen molar-refractivity contribution in [1.82, 2.24) is 15.3 Å². The number of nitrogens with zero attached hydrogens (tertiary/aromatic N) is 2. The fourth-order valence-electron chi connectivity index (χ4n) is 1.74. The molecule has 20 heavy (non-hydrogen) atoms. The molecule has 0 bridgehead atoms. The van der Waals surface area contributed by atoms with E-state index in [-0.39, 0.29) is 0 Å². The lowest BCUT2D eigenvalue weighted by Crippen LogP contribution is -2.14. The van der Waals surface area contributed by atoms with Crippen LogP contribution in [-0.4, -0.2) is 16.5 Å². The molecule has 1 N–H and O–H groups in total. The molecule has 2 rings (SSSR count). The van der Waals surface area contributed by atoms with Gasteiger partial charge in [0, 0.05) is 22.9 Å². The van der Waals surface area contributed by atoms with Crippen molar-refractivity contribution in [1.29, 1.82) is 0 Å². The molecule has 0 spiro atoms. The first-order valence-electron chi connectivity index (χ1n) is 6.59. The predicted molar refractivity (Wildman–Crippen MR) is 82.6 cm³/mol. The zero-order valence-electron chi connectivity index (χ0n) is 11.7. The zero-order chi connectivity index (χ0) is 14.4. The Labute approximate surface area is 127 Å². The molecule has 106 valence electrons. The average molecular weight is 336 g/mol. The zero-order valence-corrected chi connectivity index (χ0v) is 13.3. The van der Waals surface area contributed by atoms with Gasteiger partial charge in [0.05, 0.1) is 11.4 Å². The van der Waals surface area contributed by atoms with Crippen LogP contribution in [0.3, 0.4) is 0 Å². The summed E-state index contributed by atoms with van der Waals surface area (Å²) in [6.45, 7) is 6.11. The van der Waals surface area contributed by atoms with E-state index in [0.717, 1.165) is 33.8 Å². The summed E-state index contributed by atoms with van der Waals surface area (Å²) in [5.41, 5.74) is 2.82. The molecule has 0 aliphatic heterocycles. The second-order valence-electron chi connectivity index (χ2n) is 4.43. The highest BCUT2D eigenvalue weighted by atomic mass is 79.9. The quantitative estimate of drug-likeness (QED) is 0.880. The van der Waals surface area contributed by atoms with Gasteiger partial charge in [-0.05, 0) is 53.7 Å². The summed E-state index contributed by atoms with van der Waals surface area (Å²) in [4.78, 5) is 8.82. The van der Waals surface area contributed by atoms with Crippen molar-refractivity contribution in [3.63, 3.8) is 0 Å². The smallest absolute Gasteiger partial charge is 0.142 e. The Balaban J connectivity index is 2.06. The van der Waals surface area contributed by atoms with Crippen LogP contribution in [0.1, 0.15) is 24.0 Å². The lowest BCUT2D eigenvalue weighted by atomic mass is 10.2. The lowest BCUT2D eigenvalue weighted by Gasteiger charge is -2.11. The summed E-state index contributed by atoms with van der Waals surface area (Å²) in [7, 11) is 0. The van der Waals surface area contributed by atoms with Crippen molar-refractivity contribution in [3.8, 4) is 5.75 Å². The highest BCUT2D eigenvalue weighted by molar-refractivity contribution is 9.10. The molecule has 0 radical (unpaired) electrons. The molecular formula is C15H18BrN3O. The second kappa shape index (κ2) is 7.36. The molecule has 2 heterocycles. The first-order chi connectivity index (χ1) is 9.69. The molecule has 0 saturated carbocycles. The van der Waals surface area contributed by atoms with Gasteiger partial charge in [-0.1, -0.05) is 6.92 Å². The minimum Gasteiger partial charge on any atom is -0.485 e. The SMILES string of the molecule is CCNCc1nc(C)ccc1OCc1ccc(Br)cn1. The number of ether oxygens (including phenoxy) is 1. The van der Waals surface area contributed by atoms with Crippen molar-refractivity contribution in [2.45, 2.75) is 27.0 Å². The molecule has 0 unspecified atom stereocenters. The number of nitrogens with one attached hydrogen (secondary N) is 1. The Bertz CT molecular complexity index is 558. The molecule has 5 heteroatoms. The molecule has 0 aliphatic rings. The highest BCUT2D eigenvalue weighted by Crippen LogP contribution is 2.18. The summed E-state index contributed by atoms with van der Waals surface area (Å²) in [6.07, 6.45) is 1.77. The predicted octanol–water partition coefficient (Wildman–Crippen LogP) is 3.24. The maximum Gasteiger partial charge on any atom is 0.142 e. The van der Waals surface area contributed by atoms with Crippen molar-refractivity contribution >= 4 is 15.9 Å². The van der Waals surface area contributed by atoms with Crippen LogP contribution in [0.25, 0.3) is 0 Å². The van der Waals surface area contributed by atoms with Crippen LogP contribution in [0.5, 0.6) is 5.75 Å². The first kappa shape index (κ1) is 14.9. The molecule has 0 aromatic carbocycles. The number of aromatic nitrogens is 2. The Morgan fingerprint density at radius 1 is 1.25 bits per heavy atom. The molecular weight excluding hydrogens is 318 g/mol. The van der Waals surface area contributed by atoms with Crippen LogP contribution in [0.15, 0.2) is 34.9 Å². The van der Waals surface area contributed by atoms with Crippen LogP contribution in [0.2, 0.25) is 0 Å². The summed E-state index contributed by atoms with van der Waals surface area (Å²) in [6, 6.07) is 7.82. The second-order valence-corrected chi connectivity index (χ2v) is 5.35. The van der Waals surface area contributed by atoms with Crippen LogP contribution in [0.4, 0.5) is 0 Å². The maximum atomic E-state index is 5.83. The van der Waals surface area contributed by atoms with Gasteiger partial charge in [-0.15, -0.1) is 0 Å². The van der Waals surface area contributed by atoms with E-state index in [4.69, 9.17) is 4.74 Å². The Hall–Kier alpha value is -1.46. The third kappa shape index (κ3) is 4.28. The third-order valence-corrected chi connectivity index (χ3v) is 3.25. The van der Waals surface area contributed by atoms with E-state index in [0.29, 0.717) is 13.2 Å². The van der Waals surface area contributed by atoms with Crippen molar-refractivity contribution in [2.75, 3.05) is 6.54 Å². The Morgan fingerprint density at radius 3 is 2.80 bits per heavy atom. The summed E-state index contributed by atoms with van der Waals surface area (Å²) in [5, 5.41) is 3.27. The van der Waals surface area contributed by atoms with Gasteiger partial charge in [0.1, 0.15) is 12.4 Å². The number of hydrogen-bond donors (Lipinski definition) is 1. The number of halogens is 1. The van der Waals surface area contributed by atoms with Gasteiger partial charge < -0.3 is 10.1 Å². The fourth-order valence-corrected chi connectivity index (χ4v) is 1.98. The molecule has 2 aromatic heterocycles. The summed E-state index contributed by atoms with van der Waals surface area (Å²) >= 11 is 3.37. The standard InChI is InChI=1S/C15H18BrN3O/c1-3-17-9-14-15(7-4-11(2)19-14)20-10-13-6-5-12(16)8-18-13/h4-8,17H,3,9-10H2,1-2H3. The largest absolute Gasteiger partial charge is 0.485 e. The van der Waals surface area contributed by atoms with Crippen molar-refractivity contribution < 1.29 is 4.74 Å². The summed E-state index contributed by atoms with van der Waals surface area (Å²) in [5.74, 6) is 0.807. The topological polar surface area (TPSA) is 47.0 Å². The number of aryl methyl sites for hydroxylation is 1. The first-order valence-corrected chi connectivity index (χ1v) is 7.39. The van der Waals surface area contributed by atoms with E-state index in [1.54, 1.807) is 6.20 Å². The van der Waals surface area contributed by atoms with Crippen LogP contribution in [0, 0.1) is 6.92 Å². The lowest BCUT2D eigenvalue weighted by molar-refractivity contribution is 0.295. The highest BCUT2D eigenvalue weighted by Gasteiger charge is 2.06. The van der Waals surface area contributed by atoms with E-state index >= 15 is 0 Å². The number of hydrogen-bond acceptors (Lipinski definition) is 4. The average Bonchev–Trinajstić information content (AvgIpc) is 2.46. The van der Waals surface area contributed by atoms with E-state index in [1.165, 1.54) is 0 Å². The number of rotatable bonds is 6. The van der Waals surface area contributed by atoms with Crippen LogP contribution < -0.4 is 10.1 Å². The van der Waals surface area contributed by atoms with E-state index in [2.05, 4.69) is 38.1 Å². The van der Waals surface area contributed by atoms with E-state index < -0.39 is 0 Å². The van der Waals surface area contributed by atoms with Gasteiger partial charge in [0.2, 0.25) is 0 Å². The molecule has 0 saturated heterocycles. The molecule has 0 fully saturated rings.